The van der Waals surface area contributed by atoms with Crippen LogP contribution in [0.4, 0.5) is 0 Å². The van der Waals surface area contributed by atoms with E-state index < -0.39 is 0 Å². The van der Waals surface area contributed by atoms with Crippen molar-refractivity contribution < 1.29 is 0 Å². The van der Waals surface area contributed by atoms with Gasteiger partial charge in [-0.2, -0.15) is 12.6 Å². The Hall–Kier alpha value is 0.560. The molecule has 4 heteroatoms. The summed E-state index contributed by atoms with van der Waals surface area (Å²) in [7, 11) is 0. The molecule has 1 atom stereocenters. The third-order valence-corrected chi connectivity index (χ3v) is 3.10. The van der Waals surface area contributed by atoms with E-state index in [-0.39, 0.29) is 12.4 Å². The van der Waals surface area contributed by atoms with Crippen LogP contribution < -0.4 is 5.73 Å². The first-order valence-electron chi connectivity index (χ1n) is 4.88. The van der Waals surface area contributed by atoms with Gasteiger partial charge in [-0.1, -0.05) is 6.92 Å². The number of thiol groups is 1. The third kappa shape index (κ3) is 5.11. The van der Waals surface area contributed by atoms with Gasteiger partial charge < -0.3 is 10.6 Å². The van der Waals surface area contributed by atoms with Gasteiger partial charge in [-0.15, -0.1) is 12.4 Å². The van der Waals surface area contributed by atoms with E-state index in [1.807, 2.05) is 0 Å². The zero-order chi connectivity index (χ0) is 8.97. The van der Waals surface area contributed by atoms with E-state index in [0.717, 1.165) is 38.9 Å². The van der Waals surface area contributed by atoms with Crippen molar-refractivity contribution in [2.75, 3.05) is 19.6 Å². The molecule has 0 radical (unpaired) electrons. The normalized spacial score (nSPS) is 22.4. The van der Waals surface area contributed by atoms with Crippen molar-refractivity contribution in [1.29, 1.82) is 0 Å². The lowest BCUT2D eigenvalue weighted by atomic mass is 10.1. The minimum absolute atomic E-state index is 0. The standard InChI is InChI=1S/C9H20N2S.ClH/c1-2-9(12)7-11-5-3-8(10)4-6-11;/h8-9,12H,2-7,10H2,1H3;1H. The van der Waals surface area contributed by atoms with Crippen LogP contribution in [-0.4, -0.2) is 35.8 Å². The maximum absolute atomic E-state index is 5.81. The minimum Gasteiger partial charge on any atom is -0.328 e. The van der Waals surface area contributed by atoms with Crippen molar-refractivity contribution in [2.24, 2.45) is 5.73 Å². The molecule has 1 aliphatic heterocycles. The first-order valence-corrected chi connectivity index (χ1v) is 5.40. The first-order chi connectivity index (χ1) is 5.72. The maximum atomic E-state index is 5.81. The van der Waals surface area contributed by atoms with Crippen LogP contribution >= 0.6 is 25.0 Å². The van der Waals surface area contributed by atoms with Gasteiger partial charge in [-0.3, -0.25) is 0 Å². The number of hydrogen-bond acceptors (Lipinski definition) is 3. The number of likely N-dealkylation sites (tertiary alicyclic amines) is 1. The molecule has 1 heterocycles. The van der Waals surface area contributed by atoms with Gasteiger partial charge in [0.15, 0.2) is 0 Å². The molecule has 1 fully saturated rings. The lowest BCUT2D eigenvalue weighted by Crippen LogP contribution is -2.41. The first kappa shape index (κ1) is 13.6. The van der Waals surface area contributed by atoms with E-state index in [9.17, 15) is 0 Å². The second-order valence-corrected chi connectivity index (χ2v) is 4.43. The highest BCUT2D eigenvalue weighted by atomic mass is 35.5. The summed E-state index contributed by atoms with van der Waals surface area (Å²) in [5.74, 6) is 0. The van der Waals surface area contributed by atoms with E-state index in [1.54, 1.807) is 0 Å². The van der Waals surface area contributed by atoms with E-state index in [1.165, 1.54) is 0 Å². The van der Waals surface area contributed by atoms with Crippen molar-refractivity contribution in [3.05, 3.63) is 0 Å². The molecule has 2 nitrogen and oxygen atoms in total. The van der Waals surface area contributed by atoms with Gasteiger partial charge in [0.2, 0.25) is 0 Å². The van der Waals surface area contributed by atoms with Gasteiger partial charge in [0, 0.05) is 17.8 Å². The molecule has 0 spiro atoms. The van der Waals surface area contributed by atoms with E-state index in [2.05, 4.69) is 24.5 Å². The fourth-order valence-electron chi connectivity index (χ4n) is 1.56. The lowest BCUT2D eigenvalue weighted by molar-refractivity contribution is 0.213. The molecule has 0 aliphatic carbocycles. The van der Waals surface area contributed by atoms with Crippen molar-refractivity contribution in [3.63, 3.8) is 0 Å². The Kier molecular flexibility index (Phi) is 7.23. The fraction of sp³-hybridized carbons (Fsp3) is 1.00. The van der Waals surface area contributed by atoms with E-state index in [0.29, 0.717) is 11.3 Å². The summed E-state index contributed by atoms with van der Waals surface area (Å²) in [5, 5.41) is 0.541. The molecule has 80 valence electrons. The van der Waals surface area contributed by atoms with Crippen LogP contribution in [0.15, 0.2) is 0 Å². The number of nitrogens with two attached hydrogens (primary N) is 1. The zero-order valence-electron chi connectivity index (χ0n) is 8.28. The zero-order valence-corrected chi connectivity index (χ0v) is 9.99. The molecule has 1 rings (SSSR count). The summed E-state index contributed by atoms with van der Waals surface area (Å²) < 4.78 is 0. The number of hydrogen-bond donors (Lipinski definition) is 2. The van der Waals surface area contributed by atoms with Crippen molar-refractivity contribution in [1.82, 2.24) is 4.90 Å². The van der Waals surface area contributed by atoms with Crippen LogP contribution in [0.5, 0.6) is 0 Å². The number of piperidine rings is 1. The minimum atomic E-state index is 0. The largest absolute Gasteiger partial charge is 0.328 e. The second-order valence-electron chi connectivity index (χ2n) is 3.70. The quantitative estimate of drug-likeness (QED) is 0.713. The summed E-state index contributed by atoms with van der Waals surface area (Å²) in [6, 6.07) is 0.446. The Labute approximate surface area is 93.1 Å². The van der Waals surface area contributed by atoms with Crippen molar-refractivity contribution in [2.45, 2.75) is 37.5 Å². The van der Waals surface area contributed by atoms with Crippen molar-refractivity contribution in [3.8, 4) is 0 Å². The second kappa shape index (κ2) is 6.93. The molecule has 0 aromatic carbocycles. The number of rotatable bonds is 3. The van der Waals surface area contributed by atoms with Crippen LogP contribution in [0, 0.1) is 0 Å². The molecule has 1 aliphatic rings. The van der Waals surface area contributed by atoms with Gasteiger partial charge in [0.05, 0.1) is 0 Å². The van der Waals surface area contributed by atoms with Gasteiger partial charge >= 0.3 is 0 Å². The van der Waals surface area contributed by atoms with Gasteiger partial charge in [-0.05, 0) is 32.4 Å². The smallest absolute Gasteiger partial charge is 0.0142 e. The molecule has 0 bridgehead atoms. The van der Waals surface area contributed by atoms with Crippen LogP contribution in [0.25, 0.3) is 0 Å². The molecule has 0 saturated carbocycles. The predicted molar refractivity (Wildman–Crippen MR) is 64.0 cm³/mol. The van der Waals surface area contributed by atoms with E-state index in [4.69, 9.17) is 5.73 Å². The third-order valence-electron chi connectivity index (χ3n) is 2.57. The van der Waals surface area contributed by atoms with Crippen LogP contribution in [0.2, 0.25) is 0 Å². The summed E-state index contributed by atoms with van der Waals surface area (Å²) in [4.78, 5) is 2.48. The Bertz CT molecular complexity index is 127. The number of nitrogens with zero attached hydrogens (tertiary/aromatic N) is 1. The van der Waals surface area contributed by atoms with Crippen LogP contribution in [0.1, 0.15) is 26.2 Å². The van der Waals surface area contributed by atoms with Crippen LogP contribution in [0.3, 0.4) is 0 Å². The predicted octanol–water partition coefficient (Wildman–Crippen LogP) is 1.54. The molecular formula is C9H21ClN2S. The molecule has 0 aromatic rings. The fourth-order valence-corrected chi connectivity index (χ4v) is 1.79. The van der Waals surface area contributed by atoms with Crippen molar-refractivity contribution >= 4 is 25.0 Å². The molecule has 13 heavy (non-hydrogen) atoms. The van der Waals surface area contributed by atoms with Gasteiger partial charge in [-0.25, -0.2) is 0 Å². The SMILES string of the molecule is CCC(S)CN1CCC(N)CC1.Cl. The average molecular weight is 225 g/mol. The maximum Gasteiger partial charge on any atom is 0.0142 e. The van der Waals surface area contributed by atoms with E-state index >= 15 is 0 Å². The van der Waals surface area contributed by atoms with Gasteiger partial charge in [0.1, 0.15) is 0 Å². The average Bonchev–Trinajstić information content (AvgIpc) is 2.09. The molecule has 2 N–H and O–H groups in total. The lowest BCUT2D eigenvalue weighted by Gasteiger charge is -2.31. The number of halogens is 1. The summed E-state index contributed by atoms with van der Waals surface area (Å²) >= 11 is 4.49. The Morgan fingerprint density at radius 1 is 1.46 bits per heavy atom. The Balaban J connectivity index is 0.00000144. The summed E-state index contributed by atoms with van der Waals surface area (Å²) in [6.45, 7) is 5.65. The topological polar surface area (TPSA) is 29.3 Å². The van der Waals surface area contributed by atoms with Gasteiger partial charge in [0.25, 0.3) is 0 Å². The Morgan fingerprint density at radius 2 is 2.00 bits per heavy atom. The molecule has 1 saturated heterocycles. The molecule has 1 unspecified atom stereocenters. The monoisotopic (exact) mass is 224 g/mol. The highest BCUT2D eigenvalue weighted by Crippen LogP contribution is 2.11. The highest BCUT2D eigenvalue weighted by molar-refractivity contribution is 7.81. The van der Waals surface area contributed by atoms with Crippen LogP contribution in [-0.2, 0) is 0 Å². The molecule has 0 amide bonds. The summed E-state index contributed by atoms with van der Waals surface area (Å²) in [5.41, 5.74) is 5.81. The Morgan fingerprint density at radius 3 is 2.46 bits per heavy atom. The summed E-state index contributed by atoms with van der Waals surface area (Å²) in [6.07, 6.45) is 3.47. The molecule has 0 aromatic heterocycles. The molecular weight excluding hydrogens is 204 g/mol. The highest BCUT2D eigenvalue weighted by Gasteiger charge is 2.16.